The fourth-order valence-electron chi connectivity index (χ4n) is 3.52. The lowest BCUT2D eigenvalue weighted by Crippen LogP contribution is -2.36. The van der Waals surface area contributed by atoms with E-state index in [0.717, 1.165) is 43.4 Å². The summed E-state index contributed by atoms with van der Waals surface area (Å²) < 4.78 is 19.1. The summed E-state index contributed by atoms with van der Waals surface area (Å²) in [7, 11) is 3.75. The Labute approximate surface area is 193 Å². The van der Waals surface area contributed by atoms with Gasteiger partial charge in [-0.05, 0) is 31.2 Å². The minimum atomic E-state index is -0.250. The van der Waals surface area contributed by atoms with E-state index in [4.69, 9.17) is 34.2 Å². The first-order valence-corrected chi connectivity index (χ1v) is 10.7. The Balaban J connectivity index is 0.000000968. The van der Waals surface area contributed by atoms with Crippen LogP contribution in [0.2, 0.25) is 0 Å². The van der Waals surface area contributed by atoms with Crippen LogP contribution in [-0.4, -0.2) is 65.1 Å². The Morgan fingerprint density at radius 3 is 2.67 bits per heavy atom. The molecule has 0 aliphatic carbocycles. The Hall–Kier alpha value is -3.43. The van der Waals surface area contributed by atoms with Crippen LogP contribution in [0.5, 0.6) is 11.5 Å². The van der Waals surface area contributed by atoms with E-state index in [1.807, 2.05) is 35.0 Å². The van der Waals surface area contributed by atoms with E-state index in [1.54, 1.807) is 7.11 Å². The molecule has 0 bridgehead atoms. The third kappa shape index (κ3) is 7.30. The second-order valence-corrected chi connectivity index (χ2v) is 7.54. The Morgan fingerprint density at radius 1 is 1.18 bits per heavy atom. The zero-order chi connectivity index (χ0) is 23.5. The number of rotatable bonds is 8. The number of aryl methyl sites for hydroxylation is 2. The molecule has 9 heteroatoms. The number of nitrogens with zero attached hydrogens (tertiary/aromatic N) is 4. The van der Waals surface area contributed by atoms with E-state index in [9.17, 15) is 0 Å². The summed E-state index contributed by atoms with van der Waals surface area (Å²) in [5.74, 6) is 3.00. The summed E-state index contributed by atoms with van der Waals surface area (Å²) >= 11 is 0. The maximum atomic E-state index is 8.36. The molecule has 0 spiro atoms. The molecular formula is C24H30N4O5. The second-order valence-electron chi connectivity index (χ2n) is 7.54. The molecule has 1 N–H and O–H groups in total. The average Bonchev–Trinajstić information content (AvgIpc) is 3.26. The van der Waals surface area contributed by atoms with Gasteiger partial charge in [-0.25, -0.2) is 9.67 Å². The number of benzene rings is 2. The van der Waals surface area contributed by atoms with Crippen molar-refractivity contribution in [2.24, 2.45) is 0 Å². The van der Waals surface area contributed by atoms with Gasteiger partial charge in [0.2, 0.25) is 0 Å². The number of methoxy groups -OCH3 is 1. The van der Waals surface area contributed by atoms with Crippen LogP contribution in [0.4, 0.5) is 0 Å². The molecule has 1 aromatic heterocycles. The topological polar surface area (TPSA) is 98.9 Å². The van der Waals surface area contributed by atoms with Crippen molar-refractivity contribution in [1.82, 2.24) is 19.7 Å². The Bertz CT molecular complexity index is 996. The number of morpholine rings is 1. The van der Waals surface area contributed by atoms with E-state index in [0.29, 0.717) is 19.0 Å². The third-order valence-electron chi connectivity index (χ3n) is 5.17. The molecule has 2 aromatic carbocycles. The SMILES string of the molecule is COc1cccc(OCc2nc(C3CN(C)CCO3)n(CCc3ccccc3)n2)c1.O=CO. The number of carbonyl (C=O) groups is 1. The van der Waals surface area contributed by atoms with Crippen LogP contribution in [0.15, 0.2) is 54.6 Å². The zero-order valence-electron chi connectivity index (χ0n) is 19.0. The molecule has 9 nitrogen and oxygen atoms in total. The fourth-order valence-corrected chi connectivity index (χ4v) is 3.52. The highest BCUT2D eigenvalue weighted by molar-refractivity contribution is 5.33. The van der Waals surface area contributed by atoms with Crippen LogP contribution < -0.4 is 9.47 Å². The van der Waals surface area contributed by atoms with E-state index < -0.39 is 0 Å². The van der Waals surface area contributed by atoms with Gasteiger partial charge in [0.15, 0.2) is 11.6 Å². The standard InChI is InChI=1S/C23H28N4O3.CH2O2/c1-26-13-14-29-21(16-26)23-24-22(17-30-20-10-6-9-19(15-20)28-2)25-27(23)12-11-18-7-4-3-5-8-18;2-1-3/h3-10,15,21H,11-14,16-17H2,1-2H3;1H,(H,2,3). The first-order valence-electron chi connectivity index (χ1n) is 10.7. The summed E-state index contributed by atoms with van der Waals surface area (Å²) in [6, 6.07) is 18.0. The molecule has 4 rings (SSSR count). The highest BCUT2D eigenvalue weighted by Crippen LogP contribution is 2.22. The fraction of sp³-hybridized carbons (Fsp3) is 0.375. The smallest absolute Gasteiger partial charge is 0.290 e. The predicted molar refractivity (Wildman–Crippen MR) is 122 cm³/mol. The quantitative estimate of drug-likeness (QED) is 0.519. The Kier molecular flexibility index (Phi) is 9.22. The molecule has 3 aromatic rings. The molecular weight excluding hydrogens is 424 g/mol. The van der Waals surface area contributed by atoms with Gasteiger partial charge >= 0.3 is 0 Å². The van der Waals surface area contributed by atoms with Crippen molar-refractivity contribution in [2.75, 3.05) is 33.9 Å². The molecule has 0 saturated carbocycles. The van der Waals surface area contributed by atoms with Gasteiger partial charge in [-0.2, -0.15) is 5.10 Å². The molecule has 33 heavy (non-hydrogen) atoms. The van der Waals surface area contributed by atoms with E-state index >= 15 is 0 Å². The van der Waals surface area contributed by atoms with Gasteiger partial charge in [-0.3, -0.25) is 4.79 Å². The molecule has 1 unspecified atom stereocenters. The van der Waals surface area contributed by atoms with Gasteiger partial charge in [0, 0.05) is 25.7 Å². The van der Waals surface area contributed by atoms with Gasteiger partial charge < -0.3 is 24.2 Å². The van der Waals surface area contributed by atoms with Crippen LogP contribution in [-0.2, 0) is 29.1 Å². The molecule has 1 atom stereocenters. The summed E-state index contributed by atoms with van der Waals surface area (Å²) in [6.07, 6.45) is 0.799. The predicted octanol–water partition coefficient (Wildman–Crippen LogP) is 2.81. The number of likely N-dealkylation sites (N-methyl/N-ethyl adjacent to an activating group) is 1. The number of aromatic nitrogens is 3. The van der Waals surface area contributed by atoms with E-state index in [1.165, 1.54) is 5.56 Å². The minimum absolute atomic E-state index is 0.0856. The first-order chi connectivity index (χ1) is 16.1. The summed E-state index contributed by atoms with van der Waals surface area (Å²) in [5.41, 5.74) is 1.27. The zero-order valence-corrected chi connectivity index (χ0v) is 19.0. The van der Waals surface area contributed by atoms with Crippen molar-refractivity contribution in [3.8, 4) is 11.5 Å². The van der Waals surface area contributed by atoms with Crippen molar-refractivity contribution in [3.05, 3.63) is 71.8 Å². The van der Waals surface area contributed by atoms with Gasteiger partial charge in [0.1, 0.15) is 24.2 Å². The van der Waals surface area contributed by atoms with Crippen molar-refractivity contribution in [2.45, 2.75) is 25.7 Å². The maximum Gasteiger partial charge on any atom is 0.290 e. The Morgan fingerprint density at radius 2 is 1.94 bits per heavy atom. The number of hydrogen-bond acceptors (Lipinski definition) is 7. The number of hydrogen-bond donors (Lipinski definition) is 1. The van der Waals surface area contributed by atoms with E-state index in [-0.39, 0.29) is 12.6 Å². The lowest BCUT2D eigenvalue weighted by molar-refractivity contribution is -0.122. The van der Waals surface area contributed by atoms with Gasteiger partial charge in [0.25, 0.3) is 6.47 Å². The van der Waals surface area contributed by atoms with Crippen molar-refractivity contribution < 1.29 is 24.1 Å². The molecule has 1 aliphatic rings. The van der Waals surface area contributed by atoms with Crippen LogP contribution in [0.1, 0.15) is 23.3 Å². The molecule has 176 valence electrons. The monoisotopic (exact) mass is 454 g/mol. The molecule has 0 amide bonds. The molecule has 2 heterocycles. The highest BCUT2D eigenvalue weighted by atomic mass is 16.5. The van der Waals surface area contributed by atoms with Crippen LogP contribution in [0.25, 0.3) is 0 Å². The summed E-state index contributed by atoms with van der Waals surface area (Å²) in [6.45, 7) is 3.22. The lowest BCUT2D eigenvalue weighted by Gasteiger charge is -2.29. The first kappa shape index (κ1) is 24.2. The van der Waals surface area contributed by atoms with Gasteiger partial charge in [-0.15, -0.1) is 0 Å². The van der Waals surface area contributed by atoms with E-state index in [2.05, 4.69) is 36.2 Å². The summed E-state index contributed by atoms with van der Waals surface area (Å²) in [4.78, 5) is 15.4. The van der Waals surface area contributed by atoms with Crippen LogP contribution >= 0.6 is 0 Å². The van der Waals surface area contributed by atoms with Crippen molar-refractivity contribution in [1.29, 1.82) is 0 Å². The minimum Gasteiger partial charge on any atom is -0.497 e. The molecule has 1 saturated heterocycles. The van der Waals surface area contributed by atoms with Crippen molar-refractivity contribution >= 4 is 6.47 Å². The molecule has 1 aliphatic heterocycles. The average molecular weight is 455 g/mol. The van der Waals surface area contributed by atoms with Gasteiger partial charge in [0.05, 0.1) is 13.7 Å². The lowest BCUT2D eigenvalue weighted by atomic mass is 10.1. The molecule has 0 radical (unpaired) electrons. The molecule has 1 fully saturated rings. The highest BCUT2D eigenvalue weighted by Gasteiger charge is 2.25. The summed E-state index contributed by atoms with van der Waals surface area (Å²) in [5, 5.41) is 11.6. The van der Waals surface area contributed by atoms with Crippen LogP contribution in [0, 0.1) is 0 Å². The van der Waals surface area contributed by atoms with Gasteiger partial charge in [-0.1, -0.05) is 36.4 Å². The number of carboxylic acid groups (broad SMARTS) is 1. The largest absolute Gasteiger partial charge is 0.497 e. The normalized spacial score (nSPS) is 15.9. The van der Waals surface area contributed by atoms with Crippen molar-refractivity contribution in [3.63, 3.8) is 0 Å². The second kappa shape index (κ2) is 12.6. The van der Waals surface area contributed by atoms with Crippen LogP contribution in [0.3, 0.4) is 0 Å². The maximum absolute atomic E-state index is 8.36. The number of ether oxygens (including phenoxy) is 3. The third-order valence-corrected chi connectivity index (χ3v) is 5.17.